The Morgan fingerprint density at radius 3 is 2.40 bits per heavy atom. The van der Waals surface area contributed by atoms with Gasteiger partial charge < -0.3 is 4.57 Å². The smallest absolute Gasteiger partial charge is 0.260 e. The van der Waals surface area contributed by atoms with Gasteiger partial charge in [-0.2, -0.15) is 0 Å². The van der Waals surface area contributed by atoms with Gasteiger partial charge in [0.25, 0.3) is 5.91 Å². The van der Waals surface area contributed by atoms with Gasteiger partial charge in [0.2, 0.25) is 5.95 Å². The molecule has 3 aromatic carbocycles. The Morgan fingerprint density at radius 1 is 0.833 bits per heavy atom. The molecule has 1 aliphatic rings. The van der Waals surface area contributed by atoms with Crippen molar-refractivity contribution in [2.45, 2.75) is 13.1 Å². The third-order valence-corrected chi connectivity index (χ3v) is 5.62. The number of para-hydroxylation sites is 3. The molecule has 0 atom stereocenters. The van der Waals surface area contributed by atoms with Gasteiger partial charge >= 0.3 is 0 Å². The number of benzene rings is 3. The summed E-state index contributed by atoms with van der Waals surface area (Å²) in [5, 5.41) is 8.43. The molecule has 3 heterocycles. The van der Waals surface area contributed by atoms with Crippen molar-refractivity contribution < 1.29 is 4.79 Å². The molecule has 5 aromatic rings. The van der Waals surface area contributed by atoms with Crippen molar-refractivity contribution in [2.24, 2.45) is 0 Å². The molecule has 0 N–H and O–H groups in total. The van der Waals surface area contributed by atoms with Gasteiger partial charge in [-0.25, -0.2) is 9.67 Å². The number of hydrogen-bond donors (Lipinski definition) is 0. The minimum Gasteiger partial charge on any atom is -0.308 e. The van der Waals surface area contributed by atoms with Gasteiger partial charge in [-0.1, -0.05) is 41.6 Å². The predicted molar refractivity (Wildman–Crippen MR) is 114 cm³/mol. The highest BCUT2D eigenvalue weighted by Crippen LogP contribution is 2.28. The molecule has 1 amide bonds. The van der Waals surface area contributed by atoms with E-state index >= 15 is 0 Å². The van der Waals surface area contributed by atoms with Gasteiger partial charge in [0, 0.05) is 18.7 Å². The van der Waals surface area contributed by atoms with E-state index in [-0.39, 0.29) is 5.91 Å². The summed E-state index contributed by atoms with van der Waals surface area (Å²) in [6, 6.07) is 23.6. The minimum absolute atomic E-state index is 0.0261. The van der Waals surface area contributed by atoms with Crippen LogP contribution in [0, 0.1) is 0 Å². The molecule has 0 aliphatic carbocycles. The van der Waals surface area contributed by atoms with Crippen molar-refractivity contribution in [3.63, 3.8) is 0 Å². The van der Waals surface area contributed by atoms with Crippen molar-refractivity contribution in [1.29, 1.82) is 0 Å². The first-order valence-corrected chi connectivity index (χ1v) is 9.92. The fourth-order valence-electron chi connectivity index (χ4n) is 4.10. The summed E-state index contributed by atoms with van der Waals surface area (Å²) in [7, 11) is 0. The maximum absolute atomic E-state index is 13.1. The third kappa shape index (κ3) is 2.59. The van der Waals surface area contributed by atoms with Crippen LogP contribution < -0.4 is 4.90 Å². The summed E-state index contributed by atoms with van der Waals surface area (Å²) >= 11 is 0. The van der Waals surface area contributed by atoms with E-state index in [9.17, 15) is 4.79 Å². The van der Waals surface area contributed by atoms with Crippen molar-refractivity contribution in [3.8, 4) is 0 Å². The van der Waals surface area contributed by atoms with Gasteiger partial charge in [-0.05, 0) is 42.0 Å². The van der Waals surface area contributed by atoms with Crippen LogP contribution in [0.5, 0.6) is 0 Å². The molecular weight excluding hydrogens is 376 g/mol. The number of anilines is 1. The number of nitrogens with zero attached hydrogens (tertiary/aromatic N) is 6. The number of amides is 1. The molecule has 30 heavy (non-hydrogen) atoms. The summed E-state index contributed by atoms with van der Waals surface area (Å²) in [5.41, 5.74) is 5.58. The van der Waals surface area contributed by atoms with E-state index in [2.05, 4.69) is 19.9 Å². The molecule has 146 valence electrons. The topological polar surface area (TPSA) is 68.8 Å². The second-order valence-electron chi connectivity index (χ2n) is 7.44. The Labute approximate surface area is 172 Å². The van der Waals surface area contributed by atoms with Crippen molar-refractivity contribution in [1.82, 2.24) is 24.5 Å². The molecule has 1 aliphatic heterocycles. The monoisotopic (exact) mass is 394 g/mol. The van der Waals surface area contributed by atoms with E-state index in [0.29, 0.717) is 18.7 Å². The van der Waals surface area contributed by atoms with Gasteiger partial charge in [0.1, 0.15) is 5.52 Å². The normalized spacial score (nSPS) is 13.3. The molecule has 0 fully saturated rings. The third-order valence-electron chi connectivity index (χ3n) is 5.62. The lowest BCUT2D eigenvalue weighted by atomic mass is 10.1. The molecule has 0 bridgehead atoms. The van der Waals surface area contributed by atoms with Crippen LogP contribution in [0.25, 0.3) is 22.1 Å². The van der Waals surface area contributed by atoms with E-state index in [1.54, 1.807) is 4.90 Å². The number of aromatic nitrogens is 5. The summed E-state index contributed by atoms with van der Waals surface area (Å²) < 4.78 is 3.98. The van der Waals surface area contributed by atoms with Gasteiger partial charge in [0.15, 0.2) is 0 Å². The van der Waals surface area contributed by atoms with Crippen LogP contribution in [0.1, 0.15) is 15.9 Å². The highest BCUT2D eigenvalue weighted by atomic mass is 16.2. The highest BCUT2D eigenvalue weighted by molar-refractivity contribution is 6.06. The molecule has 0 saturated heterocycles. The van der Waals surface area contributed by atoms with Crippen LogP contribution in [0.15, 0.2) is 72.8 Å². The maximum atomic E-state index is 13.1. The number of hydrogen-bond acceptors (Lipinski definition) is 4. The Balaban J connectivity index is 1.26. The predicted octanol–water partition coefficient (Wildman–Crippen LogP) is 3.49. The van der Waals surface area contributed by atoms with Crippen LogP contribution in [0.3, 0.4) is 0 Å². The van der Waals surface area contributed by atoms with Crippen molar-refractivity contribution in [3.05, 3.63) is 83.9 Å². The Morgan fingerprint density at radius 2 is 1.57 bits per heavy atom. The molecule has 0 saturated carbocycles. The largest absolute Gasteiger partial charge is 0.308 e. The summed E-state index contributed by atoms with van der Waals surface area (Å²) in [4.78, 5) is 19.6. The molecule has 0 unspecified atom stereocenters. The zero-order valence-corrected chi connectivity index (χ0v) is 16.1. The first-order valence-electron chi connectivity index (χ1n) is 9.92. The Hall–Kier alpha value is -4.00. The second kappa shape index (κ2) is 6.52. The number of rotatable bonds is 3. The standard InChI is InChI=1S/C23H18N6O/c30-22(28-14-13-27-20-7-3-1-5-18(20)24-23(27)28)17-11-9-16(10-12-17)15-29-21-8-4-2-6-19(21)25-26-29/h1-12H,13-15H2. The fraction of sp³-hybridized carbons (Fsp3) is 0.130. The number of fused-ring (bicyclic) bond motifs is 4. The van der Waals surface area contributed by atoms with Gasteiger partial charge in [-0.15, -0.1) is 5.10 Å². The van der Waals surface area contributed by atoms with Crippen molar-refractivity contribution in [2.75, 3.05) is 11.4 Å². The van der Waals surface area contributed by atoms with Crippen LogP contribution in [-0.2, 0) is 13.1 Å². The zero-order valence-electron chi connectivity index (χ0n) is 16.1. The Bertz CT molecular complexity index is 1400. The summed E-state index contributed by atoms with van der Waals surface area (Å²) in [6.45, 7) is 2.01. The molecule has 7 nitrogen and oxygen atoms in total. The van der Waals surface area contributed by atoms with Crippen LogP contribution >= 0.6 is 0 Å². The summed E-state index contributed by atoms with van der Waals surface area (Å²) in [6.07, 6.45) is 0. The van der Waals surface area contributed by atoms with Gasteiger partial charge in [0.05, 0.1) is 23.1 Å². The van der Waals surface area contributed by atoms with Crippen LogP contribution in [0.4, 0.5) is 5.95 Å². The highest BCUT2D eigenvalue weighted by Gasteiger charge is 2.28. The van der Waals surface area contributed by atoms with Crippen LogP contribution in [0.2, 0.25) is 0 Å². The van der Waals surface area contributed by atoms with E-state index < -0.39 is 0 Å². The van der Waals surface area contributed by atoms with Crippen molar-refractivity contribution >= 4 is 33.9 Å². The quantitative estimate of drug-likeness (QED) is 0.470. The number of carbonyl (C=O) groups excluding carboxylic acids is 1. The maximum Gasteiger partial charge on any atom is 0.260 e. The SMILES string of the molecule is O=C(c1ccc(Cn2nnc3ccccc32)cc1)N1CCn2c1nc1ccccc12. The fourth-order valence-corrected chi connectivity index (χ4v) is 4.10. The average Bonchev–Trinajstić information content (AvgIpc) is 3.48. The van der Waals surface area contributed by atoms with E-state index in [4.69, 9.17) is 0 Å². The molecule has 2 aromatic heterocycles. The van der Waals surface area contributed by atoms with E-state index in [1.807, 2.05) is 77.5 Å². The lowest BCUT2D eigenvalue weighted by Crippen LogP contribution is -2.29. The molecule has 0 spiro atoms. The Kier molecular flexibility index (Phi) is 3.67. The van der Waals surface area contributed by atoms with E-state index in [0.717, 1.165) is 40.1 Å². The zero-order chi connectivity index (χ0) is 20.1. The van der Waals surface area contributed by atoms with Crippen LogP contribution in [-0.4, -0.2) is 37.0 Å². The van der Waals surface area contributed by atoms with E-state index in [1.165, 1.54) is 0 Å². The first kappa shape index (κ1) is 16.9. The molecular formula is C23H18N6O. The average molecular weight is 394 g/mol. The van der Waals surface area contributed by atoms with Gasteiger partial charge in [-0.3, -0.25) is 9.69 Å². The first-order chi connectivity index (χ1) is 14.8. The minimum atomic E-state index is -0.0261. The molecule has 7 heteroatoms. The number of imidazole rings is 1. The summed E-state index contributed by atoms with van der Waals surface area (Å²) in [5.74, 6) is 0.696. The lowest BCUT2D eigenvalue weighted by Gasteiger charge is -2.14. The number of carbonyl (C=O) groups is 1. The molecule has 0 radical (unpaired) electrons. The second-order valence-corrected chi connectivity index (χ2v) is 7.44. The molecule has 6 rings (SSSR count). The lowest BCUT2D eigenvalue weighted by molar-refractivity contribution is 0.0988.